The Morgan fingerprint density at radius 2 is 1.88 bits per heavy atom. The van der Waals surface area contributed by atoms with Crippen molar-refractivity contribution in [2.45, 2.75) is 23.8 Å². The molecule has 16 heavy (non-hydrogen) atoms. The van der Waals surface area contributed by atoms with Crippen molar-refractivity contribution in [3.05, 3.63) is 24.3 Å². The molecule has 0 bridgehead atoms. The maximum atomic E-state index is 11.9. The molecule has 86 valence electrons. The zero-order chi connectivity index (χ0) is 11.8. The van der Waals surface area contributed by atoms with Crippen LogP contribution in [0.3, 0.4) is 0 Å². The predicted octanol–water partition coefficient (Wildman–Crippen LogP) is -1.19. The van der Waals surface area contributed by atoms with Crippen LogP contribution < -0.4 is 10.2 Å². The Bertz CT molecular complexity index is 484. The zero-order valence-corrected chi connectivity index (χ0v) is 9.31. The first-order valence-corrected chi connectivity index (χ1v) is 6.46. The van der Waals surface area contributed by atoms with E-state index in [2.05, 4.69) is 4.72 Å². The van der Waals surface area contributed by atoms with Crippen LogP contribution in [0, 0.1) is 0 Å². The first-order valence-electron chi connectivity index (χ1n) is 4.98. The standard InChI is InChI=1S/C9H12BNO4S/c12-10(13)8-3-1-2-4-9(8)16(14,15)11-7-5-6-7/h1-4,7,11-13H,5-6H2. The molecular formula is C9H12BNO4S. The molecule has 0 atom stereocenters. The molecule has 3 N–H and O–H groups in total. The van der Waals surface area contributed by atoms with Crippen molar-refractivity contribution in [3.8, 4) is 0 Å². The average Bonchev–Trinajstić information content (AvgIpc) is 3.01. The monoisotopic (exact) mass is 241 g/mol. The Hall–Kier alpha value is -0.885. The SMILES string of the molecule is O=S(=O)(NC1CC1)c1ccccc1B(O)O. The lowest BCUT2D eigenvalue weighted by Gasteiger charge is -2.10. The van der Waals surface area contributed by atoms with Crippen molar-refractivity contribution in [3.63, 3.8) is 0 Å². The van der Waals surface area contributed by atoms with Crippen LogP contribution in [0.25, 0.3) is 0 Å². The Morgan fingerprint density at radius 1 is 1.25 bits per heavy atom. The minimum atomic E-state index is -3.64. The highest BCUT2D eigenvalue weighted by atomic mass is 32.2. The third kappa shape index (κ3) is 2.44. The van der Waals surface area contributed by atoms with Gasteiger partial charge in [0.1, 0.15) is 0 Å². The highest BCUT2D eigenvalue weighted by Gasteiger charge is 2.30. The summed E-state index contributed by atoms with van der Waals surface area (Å²) in [6, 6.07) is 5.85. The maximum absolute atomic E-state index is 11.9. The first-order chi connectivity index (χ1) is 7.50. The van der Waals surface area contributed by atoms with Crippen LogP contribution in [0.15, 0.2) is 29.2 Å². The molecule has 0 saturated heterocycles. The molecule has 1 saturated carbocycles. The fourth-order valence-electron chi connectivity index (χ4n) is 1.42. The minimum Gasteiger partial charge on any atom is -0.423 e. The molecule has 2 rings (SSSR count). The van der Waals surface area contributed by atoms with Gasteiger partial charge in [0, 0.05) is 11.5 Å². The molecule has 0 radical (unpaired) electrons. The van der Waals surface area contributed by atoms with Crippen LogP contribution in [0.2, 0.25) is 0 Å². The lowest BCUT2D eigenvalue weighted by atomic mass is 9.80. The molecule has 0 amide bonds. The van der Waals surface area contributed by atoms with Gasteiger partial charge in [0.05, 0.1) is 4.90 Å². The van der Waals surface area contributed by atoms with E-state index in [1.165, 1.54) is 12.1 Å². The maximum Gasteiger partial charge on any atom is 0.489 e. The third-order valence-electron chi connectivity index (χ3n) is 2.39. The fourth-order valence-corrected chi connectivity index (χ4v) is 2.97. The molecule has 0 spiro atoms. The third-order valence-corrected chi connectivity index (χ3v) is 3.98. The van der Waals surface area contributed by atoms with Gasteiger partial charge in [-0.2, -0.15) is 0 Å². The molecule has 5 nitrogen and oxygen atoms in total. The van der Waals surface area contributed by atoms with Crippen LogP contribution in [0.5, 0.6) is 0 Å². The molecule has 0 heterocycles. The first kappa shape index (κ1) is 11.6. The lowest BCUT2D eigenvalue weighted by Crippen LogP contribution is -2.38. The smallest absolute Gasteiger partial charge is 0.423 e. The summed E-state index contributed by atoms with van der Waals surface area (Å²) in [6.07, 6.45) is 1.67. The Balaban J connectivity index is 2.38. The molecule has 1 aromatic carbocycles. The second-order valence-corrected chi connectivity index (χ2v) is 5.49. The number of hydrogen-bond donors (Lipinski definition) is 3. The summed E-state index contributed by atoms with van der Waals surface area (Å²) in [5.41, 5.74) is -0.00403. The molecule has 0 unspecified atom stereocenters. The van der Waals surface area contributed by atoms with Gasteiger partial charge in [-0.1, -0.05) is 18.2 Å². The molecule has 1 aliphatic carbocycles. The quantitative estimate of drug-likeness (QED) is 0.578. The van der Waals surface area contributed by atoms with Crippen molar-refractivity contribution in [1.29, 1.82) is 0 Å². The second kappa shape index (κ2) is 4.17. The van der Waals surface area contributed by atoms with Gasteiger partial charge in [-0.15, -0.1) is 0 Å². The summed E-state index contributed by atoms with van der Waals surface area (Å²) < 4.78 is 26.2. The zero-order valence-electron chi connectivity index (χ0n) is 8.50. The van der Waals surface area contributed by atoms with E-state index in [1.807, 2.05) is 0 Å². The summed E-state index contributed by atoms with van der Waals surface area (Å²) >= 11 is 0. The van der Waals surface area contributed by atoms with Crippen molar-refractivity contribution in [2.24, 2.45) is 0 Å². The highest BCUT2D eigenvalue weighted by molar-refractivity contribution is 7.89. The van der Waals surface area contributed by atoms with Gasteiger partial charge in [-0.05, 0) is 18.9 Å². The van der Waals surface area contributed by atoms with Crippen LogP contribution in [0.1, 0.15) is 12.8 Å². The largest absolute Gasteiger partial charge is 0.489 e. The summed E-state index contributed by atoms with van der Waals surface area (Å²) in [5.74, 6) is 0. The lowest BCUT2D eigenvalue weighted by molar-refractivity contribution is 0.424. The van der Waals surface area contributed by atoms with Gasteiger partial charge in [0.15, 0.2) is 0 Å². The van der Waals surface area contributed by atoms with Gasteiger partial charge in [0.25, 0.3) is 0 Å². The molecule has 1 aliphatic rings. The van der Waals surface area contributed by atoms with E-state index in [0.717, 1.165) is 12.8 Å². The van der Waals surface area contributed by atoms with Crippen LogP contribution in [-0.2, 0) is 10.0 Å². The highest BCUT2D eigenvalue weighted by Crippen LogP contribution is 2.21. The molecule has 1 fully saturated rings. The molecule has 1 aromatic rings. The van der Waals surface area contributed by atoms with Gasteiger partial charge in [-0.25, -0.2) is 13.1 Å². The fraction of sp³-hybridized carbons (Fsp3) is 0.333. The van der Waals surface area contributed by atoms with Crippen LogP contribution >= 0.6 is 0 Å². The van der Waals surface area contributed by atoms with Crippen molar-refractivity contribution in [2.75, 3.05) is 0 Å². The Kier molecular flexibility index (Phi) is 3.03. The minimum absolute atomic E-state index is 0.00403. The second-order valence-electron chi connectivity index (χ2n) is 3.81. The molecule has 7 heteroatoms. The van der Waals surface area contributed by atoms with Crippen molar-refractivity contribution < 1.29 is 18.5 Å². The van der Waals surface area contributed by atoms with E-state index in [-0.39, 0.29) is 16.4 Å². The van der Waals surface area contributed by atoms with E-state index in [1.54, 1.807) is 12.1 Å². The topological polar surface area (TPSA) is 86.6 Å². The normalized spacial score (nSPS) is 16.1. The summed E-state index contributed by atoms with van der Waals surface area (Å²) in [5, 5.41) is 18.2. The van der Waals surface area contributed by atoms with Crippen molar-refractivity contribution >= 4 is 22.6 Å². The predicted molar refractivity (Wildman–Crippen MR) is 59.6 cm³/mol. The number of sulfonamides is 1. The van der Waals surface area contributed by atoms with E-state index < -0.39 is 17.1 Å². The summed E-state index contributed by atoms with van der Waals surface area (Å²) in [7, 11) is -5.43. The van der Waals surface area contributed by atoms with E-state index in [9.17, 15) is 8.42 Å². The van der Waals surface area contributed by atoms with Crippen LogP contribution in [0.4, 0.5) is 0 Å². The van der Waals surface area contributed by atoms with Crippen molar-refractivity contribution in [1.82, 2.24) is 4.72 Å². The number of nitrogens with one attached hydrogen (secondary N) is 1. The number of benzene rings is 1. The number of hydrogen-bond acceptors (Lipinski definition) is 4. The van der Waals surface area contributed by atoms with Gasteiger partial charge >= 0.3 is 7.12 Å². The number of rotatable bonds is 4. The summed E-state index contributed by atoms with van der Waals surface area (Å²) in [6.45, 7) is 0. The van der Waals surface area contributed by atoms with Gasteiger partial charge in [0.2, 0.25) is 10.0 Å². The van der Waals surface area contributed by atoms with Gasteiger partial charge in [-0.3, -0.25) is 0 Å². The van der Waals surface area contributed by atoms with E-state index >= 15 is 0 Å². The van der Waals surface area contributed by atoms with E-state index in [4.69, 9.17) is 10.0 Å². The Labute approximate surface area is 94.3 Å². The Morgan fingerprint density at radius 3 is 2.44 bits per heavy atom. The summed E-state index contributed by atoms with van der Waals surface area (Å²) in [4.78, 5) is -0.0723. The molecule has 0 aromatic heterocycles. The average molecular weight is 241 g/mol. The van der Waals surface area contributed by atoms with Gasteiger partial charge < -0.3 is 10.0 Å². The molecule has 0 aliphatic heterocycles. The molecular weight excluding hydrogens is 229 g/mol. The van der Waals surface area contributed by atoms with E-state index in [0.29, 0.717) is 0 Å². The van der Waals surface area contributed by atoms with Crippen LogP contribution in [-0.4, -0.2) is 31.6 Å².